The van der Waals surface area contributed by atoms with Crippen molar-refractivity contribution in [2.75, 3.05) is 20.3 Å². The predicted octanol–water partition coefficient (Wildman–Crippen LogP) is 1.75. The number of fused-ring (bicyclic) bond motifs is 1. The molecule has 0 aromatic heterocycles. The van der Waals surface area contributed by atoms with E-state index in [0.717, 1.165) is 0 Å². The van der Waals surface area contributed by atoms with E-state index in [0.29, 0.717) is 35.8 Å². The molecule has 2 aliphatic heterocycles. The van der Waals surface area contributed by atoms with Crippen molar-refractivity contribution < 1.29 is 28.6 Å². The summed E-state index contributed by atoms with van der Waals surface area (Å²) >= 11 is 0. The number of hydrogen-bond donors (Lipinski definition) is 2. The standard InChI is InChI=1S/C11H13NO4.C8H5NO2/c1-14-9-4-2-3-5-10(9)15-7-8-6-12-11(13)16-8;10-7-5-3-1-2-4-6(5)8(11)9-7/h2-5,8H,6-7H2,1H3,(H,12,13);1-4H,(H,9,10,11). The van der Waals surface area contributed by atoms with Gasteiger partial charge in [-0.25, -0.2) is 4.79 Å². The largest absolute Gasteiger partial charge is 0.493 e. The van der Waals surface area contributed by atoms with Gasteiger partial charge in [-0.3, -0.25) is 14.9 Å². The minimum atomic E-state index is -0.395. The van der Waals surface area contributed by atoms with Gasteiger partial charge in [0.15, 0.2) is 17.6 Å². The van der Waals surface area contributed by atoms with Gasteiger partial charge in [0.25, 0.3) is 11.8 Å². The number of imide groups is 1. The van der Waals surface area contributed by atoms with Gasteiger partial charge in [0.1, 0.15) is 6.61 Å². The molecule has 27 heavy (non-hydrogen) atoms. The molecule has 0 radical (unpaired) electrons. The Balaban J connectivity index is 0.000000166. The summed E-state index contributed by atoms with van der Waals surface area (Å²) in [6, 6.07) is 14.1. The number of carbonyl (C=O) groups excluding carboxylic acids is 3. The summed E-state index contributed by atoms with van der Waals surface area (Å²) in [5.74, 6) is 0.712. The van der Waals surface area contributed by atoms with E-state index < -0.39 is 6.09 Å². The number of rotatable bonds is 4. The van der Waals surface area contributed by atoms with Crippen molar-refractivity contribution in [1.29, 1.82) is 0 Å². The molecule has 8 heteroatoms. The summed E-state index contributed by atoms with van der Waals surface area (Å²) in [6.45, 7) is 0.799. The smallest absolute Gasteiger partial charge is 0.407 e. The highest BCUT2D eigenvalue weighted by Crippen LogP contribution is 2.26. The van der Waals surface area contributed by atoms with Crippen molar-refractivity contribution in [1.82, 2.24) is 10.6 Å². The zero-order chi connectivity index (χ0) is 19.2. The van der Waals surface area contributed by atoms with Crippen molar-refractivity contribution in [2.24, 2.45) is 0 Å². The highest BCUT2D eigenvalue weighted by Gasteiger charge is 2.25. The molecule has 140 valence electrons. The Morgan fingerprint density at radius 1 is 0.963 bits per heavy atom. The Labute approximate surface area is 155 Å². The third kappa shape index (κ3) is 4.35. The van der Waals surface area contributed by atoms with Crippen molar-refractivity contribution in [2.45, 2.75) is 6.10 Å². The van der Waals surface area contributed by atoms with Gasteiger partial charge in [-0.15, -0.1) is 0 Å². The number of carbonyl (C=O) groups is 3. The van der Waals surface area contributed by atoms with E-state index in [9.17, 15) is 14.4 Å². The van der Waals surface area contributed by atoms with Gasteiger partial charge in [-0.05, 0) is 24.3 Å². The molecule has 2 aromatic carbocycles. The van der Waals surface area contributed by atoms with E-state index in [1.54, 1.807) is 31.4 Å². The molecule has 0 bridgehead atoms. The normalized spacial score (nSPS) is 17.1. The topological polar surface area (TPSA) is 103 Å². The highest BCUT2D eigenvalue weighted by atomic mass is 16.6. The van der Waals surface area contributed by atoms with Gasteiger partial charge in [-0.2, -0.15) is 0 Å². The number of para-hydroxylation sites is 2. The quantitative estimate of drug-likeness (QED) is 0.795. The van der Waals surface area contributed by atoms with E-state index in [-0.39, 0.29) is 17.9 Å². The fourth-order valence-corrected chi connectivity index (χ4v) is 2.56. The van der Waals surface area contributed by atoms with Crippen LogP contribution in [0.5, 0.6) is 11.5 Å². The number of hydrogen-bond acceptors (Lipinski definition) is 6. The minimum Gasteiger partial charge on any atom is -0.493 e. The lowest BCUT2D eigenvalue weighted by molar-refractivity contribution is 0.0879. The second-order valence-electron chi connectivity index (χ2n) is 5.70. The van der Waals surface area contributed by atoms with Crippen LogP contribution in [-0.4, -0.2) is 44.3 Å². The van der Waals surface area contributed by atoms with Crippen LogP contribution in [0, 0.1) is 0 Å². The lowest BCUT2D eigenvalue weighted by atomic mass is 10.1. The van der Waals surface area contributed by atoms with Gasteiger partial charge in [-0.1, -0.05) is 24.3 Å². The van der Waals surface area contributed by atoms with Gasteiger partial charge in [0, 0.05) is 0 Å². The fourth-order valence-electron chi connectivity index (χ4n) is 2.56. The van der Waals surface area contributed by atoms with Gasteiger partial charge in [0.05, 0.1) is 24.8 Å². The van der Waals surface area contributed by atoms with Gasteiger partial charge < -0.3 is 19.5 Å². The van der Waals surface area contributed by atoms with E-state index in [1.807, 2.05) is 24.3 Å². The zero-order valence-electron chi connectivity index (χ0n) is 14.6. The van der Waals surface area contributed by atoms with Crippen LogP contribution in [0.1, 0.15) is 20.7 Å². The van der Waals surface area contributed by atoms with Crippen molar-refractivity contribution in [3.63, 3.8) is 0 Å². The summed E-state index contributed by atoms with van der Waals surface area (Å²) in [5.41, 5.74) is 0.940. The summed E-state index contributed by atoms with van der Waals surface area (Å²) in [6.07, 6.45) is -0.633. The number of cyclic esters (lactones) is 1. The van der Waals surface area contributed by atoms with E-state index in [4.69, 9.17) is 14.2 Å². The number of alkyl carbamates (subject to hydrolysis) is 1. The SMILES string of the molecule is COc1ccccc1OCC1CNC(=O)O1.O=C1NC(=O)c2ccccc21. The second kappa shape index (κ2) is 8.22. The molecule has 0 aliphatic carbocycles. The first kappa shape index (κ1) is 18.2. The molecule has 0 spiro atoms. The number of benzene rings is 2. The summed E-state index contributed by atoms with van der Waals surface area (Å²) < 4.78 is 15.6. The maximum Gasteiger partial charge on any atom is 0.407 e. The number of ether oxygens (including phenoxy) is 3. The number of methoxy groups -OCH3 is 1. The lowest BCUT2D eigenvalue weighted by Crippen LogP contribution is -2.22. The van der Waals surface area contributed by atoms with Gasteiger partial charge >= 0.3 is 6.09 Å². The van der Waals surface area contributed by atoms with Crippen LogP contribution in [-0.2, 0) is 4.74 Å². The molecule has 2 aliphatic rings. The van der Waals surface area contributed by atoms with Gasteiger partial charge in [0.2, 0.25) is 0 Å². The van der Waals surface area contributed by atoms with Crippen LogP contribution in [0.15, 0.2) is 48.5 Å². The average molecular weight is 370 g/mol. The zero-order valence-corrected chi connectivity index (χ0v) is 14.6. The molecule has 1 atom stereocenters. The third-order valence-corrected chi connectivity index (χ3v) is 3.88. The summed E-state index contributed by atoms with van der Waals surface area (Å²) in [4.78, 5) is 32.7. The van der Waals surface area contributed by atoms with Crippen molar-refractivity contribution in [3.8, 4) is 11.5 Å². The molecule has 1 saturated heterocycles. The Morgan fingerprint density at radius 2 is 1.56 bits per heavy atom. The van der Waals surface area contributed by atoms with E-state index >= 15 is 0 Å². The maximum atomic E-state index is 10.9. The van der Waals surface area contributed by atoms with Crippen LogP contribution < -0.4 is 20.1 Å². The molecule has 2 aromatic rings. The van der Waals surface area contributed by atoms with Crippen LogP contribution in [0.3, 0.4) is 0 Å². The number of amides is 3. The van der Waals surface area contributed by atoms with Crippen LogP contribution in [0.2, 0.25) is 0 Å². The fraction of sp³-hybridized carbons (Fsp3) is 0.211. The maximum absolute atomic E-state index is 10.9. The Bertz CT molecular complexity index is 834. The molecule has 2 N–H and O–H groups in total. The van der Waals surface area contributed by atoms with E-state index in [2.05, 4.69) is 10.6 Å². The first-order valence-corrected chi connectivity index (χ1v) is 8.23. The Kier molecular flexibility index (Phi) is 5.55. The molecule has 8 nitrogen and oxygen atoms in total. The molecular weight excluding hydrogens is 352 g/mol. The molecular formula is C19H18N2O6. The second-order valence-corrected chi connectivity index (χ2v) is 5.70. The summed E-state index contributed by atoms with van der Waals surface area (Å²) in [5, 5.41) is 4.77. The molecule has 2 heterocycles. The first-order chi connectivity index (χ1) is 13.1. The molecule has 1 unspecified atom stereocenters. The predicted molar refractivity (Wildman–Crippen MR) is 95.0 cm³/mol. The molecule has 1 fully saturated rings. The first-order valence-electron chi connectivity index (χ1n) is 8.23. The van der Waals surface area contributed by atoms with Crippen LogP contribution in [0.25, 0.3) is 0 Å². The van der Waals surface area contributed by atoms with Crippen molar-refractivity contribution in [3.05, 3.63) is 59.7 Å². The number of nitrogens with one attached hydrogen (secondary N) is 2. The monoisotopic (exact) mass is 370 g/mol. The Morgan fingerprint density at radius 3 is 2.11 bits per heavy atom. The van der Waals surface area contributed by atoms with Crippen LogP contribution in [0.4, 0.5) is 4.79 Å². The van der Waals surface area contributed by atoms with Crippen molar-refractivity contribution >= 4 is 17.9 Å². The average Bonchev–Trinajstić information content (AvgIpc) is 3.24. The van der Waals surface area contributed by atoms with Crippen LogP contribution >= 0.6 is 0 Å². The Hall–Kier alpha value is -3.55. The third-order valence-electron chi connectivity index (χ3n) is 3.88. The minimum absolute atomic E-state index is 0.239. The molecule has 4 rings (SSSR count). The molecule has 3 amide bonds. The van der Waals surface area contributed by atoms with E-state index in [1.165, 1.54) is 0 Å². The highest BCUT2D eigenvalue weighted by molar-refractivity contribution is 6.21. The molecule has 0 saturated carbocycles. The summed E-state index contributed by atoms with van der Waals surface area (Å²) in [7, 11) is 1.58. The lowest BCUT2D eigenvalue weighted by Gasteiger charge is -2.12.